The van der Waals surface area contributed by atoms with Crippen LogP contribution < -0.4 is 15.0 Å². The molecule has 0 radical (unpaired) electrons. The number of nitrogens with one attached hydrogen (secondary N) is 1. The lowest BCUT2D eigenvalue weighted by Gasteiger charge is -2.17. The van der Waals surface area contributed by atoms with Crippen molar-refractivity contribution in [1.29, 1.82) is 0 Å². The quantitative estimate of drug-likeness (QED) is 0.937. The monoisotopic (exact) mass is 328 g/mol. The van der Waals surface area contributed by atoms with Gasteiger partial charge in [-0.2, -0.15) is 0 Å². The maximum atomic E-state index is 13.3. The molecule has 6 heteroatoms. The lowest BCUT2D eigenvalue weighted by molar-refractivity contribution is -0.117. The highest BCUT2D eigenvalue weighted by Crippen LogP contribution is 2.22. The number of carbonyl (C=O) groups is 2. The molecule has 2 amide bonds. The average molecular weight is 328 g/mol. The SMILES string of the molecule is COc1cccc(C(=O)NC2CC(=O)N(c3cccc(F)c3)C2)c1. The Labute approximate surface area is 139 Å². The number of anilines is 1. The highest BCUT2D eigenvalue weighted by atomic mass is 19.1. The zero-order valence-corrected chi connectivity index (χ0v) is 13.2. The predicted molar refractivity (Wildman–Crippen MR) is 87.6 cm³/mol. The van der Waals surface area contributed by atoms with E-state index in [-0.39, 0.29) is 24.3 Å². The zero-order chi connectivity index (χ0) is 17.1. The zero-order valence-electron chi connectivity index (χ0n) is 13.2. The van der Waals surface area contributed by atoms with E-state index in [0.29, 0.717) is 23.5 Å². The summed E-state index contributed by atoms with van der Waals surface area (Å²) >= 11 is 0. The molecule has 1 N–H and O–H groups in total. The number of carbonyl (C=O) groups excluding carboxylic acids is 2. The molecule has 0 aliphatic carbocycles. The number of nitrogens with zero attached hydrogens (tertiary/aromatic N) is 1. The third kappa shape index (κ3) is 3.37. The van der Waals surface area contributed by atoms with Crippen LogP contribution in [0.4, 0.5) is 10.1 Å². The molecule has 1 atom stereocenters. The lowest BCUT2D eigenvalue weighted by atomic mass is 10.1. The fourth-order valence-electron chi connectivity index (χ4n) is 2.73. The summed E-state index contributed by atoms with van der Waals surface area (Å²) in [6.07, 6.45) is 0.187. The van der Waals surface area contributed by atoms with Gasteiger partial charge in [0.05, 0.1) is 13.2 Å². The Kier molecular flexibility index (Phi) is 4.46. The van der Waals surface area contributed by atoms with Crippen LogP contribution >= 0.6 is 0 Å². The molecule has 1 fully saturated rings. The van der Waals surface area contributed by atoms with Crippen LogP contribution in [-0.2, 0) is 4.79 Å². The summed E-state index contributed by atoms with van der Waals surface area (Å²) in [5, 5.41) is 2.84. The van der Waals surface area contributed by atoms with Crippen LogP contribution in [0, 0.1) is 5.82 Å². The molecule has 1 aliphatic rings. The van der Waals surface area contributed by atoms with Gasteiger partial charge in [0.15, 0.2) is 0 Å². The fourth-order valence-corrected chi connectivity index (χ4v) is 2.73. The summed E-state index contributed by atoms with van der Waals surface area (Å²) in [6.45, 7) is 0.317. The molecule has 24 heavy (non-hydrogen) atoms. The van der Waals surface area contributed by atoms with E-state index in [1.54, 1.807) is 36.4 Å². The van der Waals surface area contributed by atoms with Crippen LogP contribution in [0.1, 0.15) is 16.8 Å². The third-order valence-corrected chi connectivity index (χ3v) is 3.91. The minimum atomic E-state index is -0.399. The highest BCUT2D eigenvalue weighted by Gasteiger charge is 2.31. The second-order valence-corrected chi connectivity index (χ2v) is 5.59. The second kappa shape index (κ2) is 6.70. The lowest BCUT2D eigenvalue weighted by Crippen LogP contribution is -2.37. The smallest absolute Gasteiger partial charge is 0.251 e. The Hall–Kier alpha value is -2.89. The van der Waals surface area contributed by atoms with Gasteiger partial charge < -0.3 is 15.0 Å². The molecule has 124 valence electrons. The van der Waals surface area contributed by atoms with Crippen molar-refractivity contribution in [1.82, 2.24) is 5.32 Å². The van der Waals surface area contributed by atoms with Crippen LogP contribution in [0.5, 0.6) is 5.75 Å². The van der Waals surface area contributed by atoms with Gasteiger partial charge in [0.25, 0.3) is 5.91 Å². The Balaban J connectivity index is 1.68. The molecule has 0 saturated carbocycles. The van der Waals surface area contributed by atoms with E-state index in [2.05, 4.69) is 5.32 Å². The Morgan fingerprint density at radius 2 is 2.04 bits per heavy atom. The molecule has 1 saturated heterocycles. The van der Waals surface area contributed by atoms with Gasteiger partial charge in [-0.3, -0.25) is 9.59 Å². The second-order valence-electron chi connectivity index (χ2n) is 5.59. The summed E-state index contributed by atoms with van der Waals surface area (Å²) < 4.78 is 18.4. The van der Waals surface area contributed by atoms with Gasteiger partial charge in [-0.05, 0) is 36.4 Å². The fraction of sp³-hybridized carbons (Fsp3) is 0.222. The summed E-state index contributed by atoms with van der Waals surface area (Å²) in [7, 11) is 1.53. The van der Waals surface area contributed by atoms with Crippen LogP contribution in [0.3, 0.4) is 0 Å². The van der Waals surface area contributed by atoms with Crippen LogP contribution in [0.2, 0.25) is 0 Å². The van der Waals surface area contributed by atoms with Gasteiger partial charge in [0, 0.05) is 24.2 Å². The number of ether oxygens (including phenoxy) is 1. The molecular formula is C18H17FN2O3. The maximum Gasteiger partial charge on any atom is 0.251 e. The van der Waals surface area contributed by atoms with E-state index in [4.69, 9.17) is 4.74 Å². The van der Waals surface area contributed by atoms with E-state index in [0.717, 1.165) is 0 Å². The first-order chi connectivity index (χ1) is 11.6. The van der Waals surface area contributed by atoms with Crippen molar-refractivity contribution in [3.63, 3.8) is 0 Å². The topological polar surface area (TPSA) is 58.6 Å². The van der Waals surface area contributed by atoms with Crippen molar-refractivity contribution < 1.29 is 18.7 Å². The minimum absolute atomic E-state index is 0.142. The Morgan fingerprint density at radius 3 is 2.79 bits per heavy atom. The molecule has 3 rings (SSSR count). The van der Waals surface area contributed by atoms with Crippen molar-refractivity contribution in [2.24, 2.45) is 0 Å². The summed E-state index contributed by atoms with van der Waals surface area (Å²) in [6, 6.07) is 12.3. The number of amides is 2. The average Bonchev–Trinajstić information content (AvgIpc) is 2.95. The Bertz CT molecular complexity index is 778. The Morgan fingerprint density at radius 1 is 1.25 bits per heavy atom. The summed E-state index contributed by atoms with van der Waals surface area (Å²) in [5.74, 6) is -0.222. The number of benzene rings is 2. The molecule has 1 heterocycles. The first-order valence-corrected chi connectivity index (χ1v) is 7.57. The van der Waals surface area contributed by atoms with E-state index in [1.165, 1.54) is 24.1 Å². The number of methoxy groups -OCH3 is 1. The molecule has 0 bridgehead atoms. The molecule has 1 unspecified atom stereocenters. The van der Waals surface area contributed by atoms with Crippen LogP contribution in [-0.4, -0.2) is 31.5 Å². The number of hydrogen-bond donors (Lipinski definition) is 1. The van der Waals surface area contributed by atoms with Gasteiger partial charge in [-0.1, -0.05) is 12.1 Å². The van der Waals surface area contributed by atoms with Gasteiger partial charge in [-0.25, -0.2) is 4.39 Å². The van der Waals surface area contributed by atoms with Crippen molar-refractivity contribution >= 4 is 17.5 Å². The van der Waals surface area contributed by atoms with E-state index in [9.17, 15) is 14.0 Å². The molecule has 2 aromatic rings. The first kappa shape index (κ1) is 16.0. The van der Waals surface area contributed by atoms with Crippen molar-refractivity contribution in [2.45, 2.75) is 12.5 Å². The highest BCUT2D eigenvalue weighted by molar-refractivity contribution is 5.99. The third-order valence-electron chi connectivity index (χ3n) is 3.91. The molecule has 5 nitrogen and oxygen atoms in total. The molecule has 1 aliphatic heterocycles. The van der Waals surface area contributed by atoms with Crippen molar-refractivity contribution in [3.05, 3.63) is 59.9 Å². The predicted octanol–water partition coefficient (Wildman–Crippen LogP) is 2.37. The van der Waals surface area contributed by atoms with Gasteiger partial charge in [-0.15, -0.1) is 0 Å². The minimum Gasteiger partial charge on any atom is -0.497 e. The molecule has 0 spiro atoms. The molecule has 2 aromatic carbocycles. The number of halogens is 1. The van der Waals surface area contributed by atoms with Crippen molar-refractivity contribution in [2.75, 3.05) is 18.6 Å². The van der Waals surface area contributed by atoms with E-state index in [1.807, 2.05) is 0 Å². The van der Waals surface area contributed by atoms with Crippen LogP contribution in [0.25, 0.3) is 0 Å². The standard InChI is InChI=1S/C18H17FN2O3/c1-24-16-7-2-4-12(8-16)18(23)20-14-10-17(22)21(11-14)15-6-3-5-13(19)9-15/h2-9,14H,10-11H2,1H3,(H,20,23). The van der Waals surface area contributed by atoms with Gasteiger partial charge >= 0.3 is 0 Å². The molecular weight excluding hydrogens is 311 g/mol. The number of rotatable bonds is 4. The van der Waals surface area contributed by atoms with Gasteiger partial charge in [0.1, 0.15) is 11.6 Å². The normalized spacial score (nSPS) is 17.0. The van der Waals surface area contributed by atoms with Crippen LogP contribution in [0.15, 0.2) is 48.5 Å². The van der Waals surface area contributed by atoms with Gasteiger partial charge in [0.2, 0.25) is 5.91 Å². The molecule has 0 aromatic heterocycles. The van der Waals surface area contributed by atoms with E-state index < -0.39 is 5.82 Å². The largest absolute Gasteiger partial charge is 0.497 e. The summed E-state index contributed by atoms with van der Waals surface area (Å²) in [4.78, 5) is 25.9. The summed E-state index contributed by atoms with van der Waals surface area (Å²) in [5.41, 5.74) is 0.962. The number of hydrogen-bond acceptors (Lipinski definition) is 3. The van der Waals surface area contributed by atoms with E-state index >= 15 is 0 Å². The first-order valence-electron chi connectivity index (χ1n) is 7.57. The van der Waals surface area contributed by atoms with Crippen molar-refractivity contribution in [3.8, 4) is 5.75 Å². The maximum absolute atomic E-state index is 13.3.